The average molecular weight is 328 g/mol. The Bertz CT molecular complexity index is 804. The van der Waals surface area contributed by atoms with Gasteiger partial charge in [0.05, 0.1) is 5.39 Å². The summed E-state index contributed by atoms with van der Waals surface area (Å²) in [6.45, 7) is 6.52. The van der Waals surface area contributed by atoms with Crippen molar-refractivity contribution in [2.24, 2.45) is 0 Å². The van der Waals surface area contributed by atoms with Crippen LogP contribution in [0, 0.1) is 0 Å². The molecule has 1 N–H and O–H groups in total. The molecule has 3 rings (SSSR count). The number of carbonyl (C=O) groups excluding carboxylic acids is 1. The van der Waals surface area contributed by atoms with E-state index in [0.29, 0.717) is 35.1 Å². The molecule has 0 bridgehead atoms. The fourth-order valence-electron chi connectivity index (χ4n) is 3.43. The van der Waals surface area contributed by atoms with Crippen LogP contribution in [0.4, 0.5) is 0 Å². The van der Waals surface area contributed by atoms with Gasteiger partial charge in [-0.1, -0.05) is 24.6 Å². The van der Waals surface area contributed by atoms with Crippen LogP contribution in [-0.4, -0.2) is 32.8 Å². The van der Waals surface area contributed by atoms with E-state index in [-0.39, 0.29) is 11.5 Å². The minimum absolute atomic E-state index is 0.163. The summed E-state index contributed by atoms with van der Waals surface area (Å²) >= 11 is 0. The third-order valence-electron chi connectivity index (χ3n) is 4.81. The molecular weight excluding hydrogens is 304 g/mol. The molecule has 6 heteroatoms. The molecule has 2 aromatic rings. The van der Waals surface area contributed by atoms with Crippen LogP contribution < -0.4 is 11.0 Å². The monoisotopic (exact) mass is 328 g/mol. The Hall–Kier alpha value is -2.21. The van der Waals surface area contributed by atoms with Gasteiger partial charge in [0.25, 0.3) is 11.5 Å². The van der Waals surface area contributed by atoms with Gasteiger partial charge in [0.1, 0.15) is 0 Å². The number of benzene rings is 1. The van der Waals surface area contributed by atoms with Gasteiger partial charge in [-0.25, -0.2) is 9.69 Å². The molecule has 128 valence electrons. The maximum Gasteiger partial charge on any atom is 0.286 e. The number of piperidine rings is 1. The topological polar surface area (TPSA) is 67.2 Å². The van der Waals surface area contributed by atoms with Gasteiger partial charge in [0, 0.05) is 24.0 Å². The van der Waals surface area contributed by atoms with Gasteiger partial charge in [0.15, 0.2) is 5.69 Å². The molecule has 1 aromatic carbocycles. The summed E-state index contributed by atoms with van der Waals surface area (Å²) in [4.78, 5) is 25.3. The van der Waals surface area contributed by atoms with Gasteiger partial charge in [-0.2, -0.15) is 5.10 Å². The summed E-state index contributed by atoms with van der Waals surface area (Å²) in [6, 6.07) is 7.74. The Morgan fingerprint density at radius 1 is 1.21 bits per heavy atom. The molecule has 1 aromatic heterocycles. The highest BCUT2D eigenvalue weighted by Crippen LogP contribution is 2.21. The van der Waals surface area contributed by atoms with E-state index < -0.39 is 0 Å². The smallest absolute Gasteiger partial charge is 0.283 e. The molecule has 24 heavy (non-hydrogen) atoms. The van der Waals surface area contributed by atoms with Crippen LogP contribution in [-0.2, 0) is 6.54 Å². The molecule has 0 aliphatic carbocycles. The van der Waals surface area contributed by atoms with Crippen LogP contribution in [0.1, 0.15) is 50.5 Å². The first-order chi connectivity index (χ1) is 11.5. The molecule has 1 fully saturated rings. The summed E-state index contributed by atoms with van der Waals surface area (Å²) < 4.78 is 1.35. The number of fused-ring (bicyclic) bond motifs is 1. The first-order valence-electron chi connectivity index (χ1n) is 8.62. The molecule has 1 saturated heterocycles. The second kappa shape index (κ2) is 6.73. The number of amides is 1. The van der Waals surface area contributed by atoms with Crippen LogP contribution >= 0.6 is 0 Å². The van der Waals surface area contributed by atoms with Crippen LogP contribution in [0.2, 0.25) is 0 Å². The van der Waals surface area contributed by atoms with Crippen molar-refractivity contribution in [3.05, 3.63) is 40.3 Å². The van der Waals surface area contributed by atoms with Crippen molar-refractivity contribution in [2.45, 2.75) is 58.7 Å². The molecule has 2 unspecified atom stereocenters. The third-order valence-corrected chi connectivity index (χ3v) is 4.81. The Morgan fingerprint density at radius 3 is 2.46 bits per heavy atom. The molecule has 2 heterocycles. The van der Waals surface area contributed by atoms with E-state index >= 15 is 0 Å². The van der Waals surface area contributed by atoms with Gasteiger partial charge in [-0.15, -0.1) is 0 Å². The minimum atomic E-state index is -0.256. The van der Waals surface area contributed by atoms with Gasteiger partial charge >= 0.3 is 0 Å². The summed E-state index contributed by atoms with van der Waals surface area (Å²) in [7, 11) is 0. The fraction of sp³-hybridized carbons (Fsp3) is 0.500. The molecule has 1 aliphatic heterocycles. The largest absolute Gasteiger partial charge is 0.286 e. The number of hydrazine groups is 1. The Kier molecular flexibility index (Phi) is 4.66. The number of aromatic nitrogens is 2. The van der Waals surface area contributed by atoms with Crippen molar-refractivity contribution in [1.82, 2.24) is 20.2 Å². The van der Waals surface area contributed by atoms with Crippen LogP contribution in [0.15, 0.2) is 29.1 Å². The van der Waals surface area contributed by atoms with Gasteiger partial charge < -0.3 is 0 Å². The Morgan fingerprint density at radius 2 is 1.83 bits per heavy atom. The maximum absolute atomic E-state index is 12.9. The molecular formula is C18H24N4O2. The average Bonchev–Trinajstić information content (AvgIpc) is 2.59. The van der Waals surface area contributed by atoms with E-state index in [9.17, 15) is 9.59 Å². The lowest BCUT2D eigenvalue weighted by atomic mass is 10.00. The zero-order chi connectivity index (χ0) is 17.3. The van der Waals surface area contributed by atoms with Gasteiger partial charge in [-0.05, 0) is 39.7 Å². The Labute approximate surface area is 141 Å². The van der Waals surface area contributed by atoms with Crippen molar-refractivity contribution in [2.75, 3.05) is 0 Å². The standard InChI is InChI=1S/C18H24N4O2/c1-4-21-18(24)15-11-6-5-10-14(15)16(19-21)17(23)20-22-12(2)8-7-9-13(22)3/h5-6,10-13H,4,7-9H2,1-3H3,(H,20,23). The molecule has 0 saturated carbocycles. The van der Waals surface area contributed by atoms with Crippen molar-refractivity contribution < 1.29 is 4.79 Å². The number of hydrogen-bond acceptors (Lipinski definition) is 4. The predicted molar refractivity (Wildman–Crippen MR) is 93.8 cm³/mol. The fourth-order valence-corrected chi connectivity index (χ4v) is 3.43. The summed E-state index contributed by atoms with van der Waals surface area (Å²) in [5.41, 5.74) is 3.15. The number of rotatable bonds is 3. The van der Waals surface area contributed by atoms with Crippen LogP contribution in [0.25, 0.3) is 10.8 Å². The minimum Gasteiger partial charge on any atom is -0.283 e. The molecule has 6 nitrogen and oxygen atoms in total. The van der Waals surface area contributed by atoms with Crippen molar-refractivity contribution in [3.8, 4) is 0 Å². The summed E-state index contributed by atoms with van der Waals surface area (Å²) in [5.74, 6) is -0.256. The van der Waals surface area contributed by atoms with Crippen LogP contribution in [0.5, 0.6) is 0 Å². The summed E-state index contributed by atoms with van der Waals surface area (Å²) in [6.07, 6.45) is 3.30. The molecule has 0 radical (unpaired) electrons. The van der Waals surface area contributed by atoms with E-state index in [1.807, 2.05) is 18.0 Å². The van der Waals surface area contributed by atoms with Gasteiger partial charge in [0.2, 0.25) is 0 Å². The highest BCUT2D eigenvalue weighted by molar-refractivity contribution is 6.04. The van der Waals surface area contributed by atoms with Crippen molar-refractivity contribution >= 4 is 16.7 Å². The second-order valence-electron chi connectivity index (χ2n) is 6.49. The van der Waals surface area contributed by atoms with Gasteiger partial charge in [-0.3, -0.25) is 15.0 Å². The number of carbonyl (C=O) groups is 1. The zero-order valence-electron chi connectivity index (χ0n) is 14.5. The quantitative estimate of drug-likeness (QED) is 0.939. The summed E-state index contributed by atoms with van der Waals surface area (Å²) in [5, 5.41) is 7.44. The van der Waals surface area contributed by atoms with E-state index in [2.05, 4.69) is 24.4 Å². The predicted octanol–water partition coefficient (Wildman–Crippen LogP) is 2.32. The zero-order valence-corrected chi connectivity index (χ0v) is 14.5. The van der Waals surface area contributed by atoms with E-state index in [4.69, 9.17) is 0 Å². The normalized spacial score (nSPS) is 21.8. The number of nitrogens with one attached hydrogen (secondary N) is 1. The van der Waals surface area contributed by atoms with E-state index in [0.717, 1.165) is 12.8 Å². The third kappa shape index (κ3) is 2.94. The lowest BCUT2D eigenvalue weighted by molar-refractivity contribution is 0.0366. The lowest BCUT2D eigenvalue weighted by Gasteiger charge is -2.38. The number of hydrogen-bond donors (Lipinski definition) is 1. The molecule has 1 amide bonds. The first kappa shape index (κ1) is 16.6. The number of aryl methyl sites for hydroxylation is 1. The number of nitrogens with zero attached hydrogens (tertiary/aromatic N) is 3. The second-order valence-corrected chi connectivity index (χ2v) is 6.49. The first-order valence-corrected chi connectivity index (χ1v) is 8.62. The highest BCUT2D eigenvalue weighted by atomic mass is 16.2. The van der Waals surface area contributed by atoms with Crippen LogP contribution in [0.3, 0.4) is 0 Å². The highest BCUT2D eigenvalue weighted by Gasteiger charge is 2.27. The molecule has 2 atom stereocenters. The lowest BCUT2D eigenvalue weighted by Crippen LogP contribution is -2.54. The van der Waals surface area contributed by atoms with Crippen molar-refractivity contribution in [1.29, 1.82) is 0 Å². The van der Waals surface area contributed by atoms with E-state index in [1.165, 1.54) is 11.1 Å². The van der Waals surface area contributed by atoms with Crippen molar-refractivity contribution in [3.63, 3.8) is 0 Å². The molecule has 1 aliphatic rings. The Balaban J connectivity index is 2.00. The van der Waals surface area contributed by atoms with E-state index in [1.54, 1.807) is 18.2 Å². The maximum atomic E-state index is 12.9. The molecule has 0 spiro atoms. The SMILES string of the molecule is CCn1nc(C(=O)NN2C(C)CCCC2C)c2ccccc2c1=O.